The zero-order chi connectivity index (χ0) is 16.8. The molecule has 0 atom stereocenters. The number of esters is 1. The number of aryl methyl sites for hydroxylation is 2. The minimum atomic E-state index is -0.351. The Morgan fingerprint density at radius 1 is 1.08 bits per heavy atom. The summed E-state index contributed by atoms with van der Waals surface area (Å²) >= 11 is 0. The van der Waals surface area contributed by atoms with Gasteiger partial charge in [0.25, 0.3) is 0 Å². The van der Waals surface area contributed by atoms with Crippen molar-refractivity contribution >= 4 is 17.6 Å². The highest BCUT2D eigenvalue weighted by Crippen LogP contribution is 2.32. The highest BCUT2D eigenvalue weighted by atomic mass is 16.5. The third-order valence-corrected chi connectivity index (χ3v) is 4.41. The lowest BCUT2D eigenvalue weighted by Gasteiger charge is -2.20. The minimum Gasteiger partial charge on any atom is -0.463 e. The zero-order valence-electron chi connectivity index (χ0n) is 13.8. The molecule has 122 valence electrons. The van der Waals surface area contributed by atoms with E-state index in [0.29, 0.717) is 6.61 Å². The van der Waals surface area contributed by atoms with Crippen LogP contribution in [0, 0.1) is 0 Å². The van der Waals surface area contributed by atoms with Gasteiger partial charge < -0.3 is 4.74 Å². The van der Waals surface area contributed by atoms with Crippen molar-refractivity contribution in [3.05, 3.63) is 83.4 Å². The van der Waals surface area contributed by atoms with Gasteiger partial charge >= 0.3 is 5.97 Å². The molecule has 0 spiro atoms. The van der Waals surface area contributed by atoms with Crippen molar-refractivity contribution in [1.29, 1.82) is 0 Å². The number of carbonyl (C=O) groups is 1. The third kappa shape index (κ3) is 3.83. The van der Waals surface area contributed by atoms with Crippen LogP contribution in [0.3, 0.4) is 0 Å². The SMILES string of the molecule is C=CC(=O)OCCCc1cccc2c1C=C(c1ccccc1)CC2. The molecule has 2 aromatic carbocycles. The van der Waals surface area contributed by atoms with Crippen LogP contribution < -0.4 is 0 Å². The van der Waals surface area contributed by atoms with Gasteiger partial charge in [0.05, 0.1) is 6.61 Å². The zero-order valence-corrected chi connectivity index (χ0v) is 13.8. The number of rotatable bonds is 6. The van der Waals surface area contributed by atoms with Crippen LogP contribution in [-0.4, -0.2) is 12.6 Å². The molecule has 0 saturated heterocycles. The Balaban J connectivity index is 1.76. The molecule has 1 aliphatic rings. The summed E-state index contributed by atoms with van der Waals surface area (Å²) in [7, 11) is 0. The summed E-state index contributed by atoms with van der Waals surface area (Å²) in [5, 5.41) is 0. The van der Waals surface area contributed by atoms with Crippen molar-refractivity contribution in [2.45, 2.75) is 25.7 Å². The van der Waals surface area contributed by atoms with E-state index in [1.165, 1.54) is 33.9 Å². The summed E-state index contributed by atoms with van der Waals surface area (Å²) in [6.07, 6.45) is 7.43. The van der Waals surface area contributed by atoms with E-state index >= 15 is 0 Å². The van der Waals surface area contributed by atoms with E-state index in [1.807, 2.05) is 0 Å². The molecular weight excluding hydrogens is 296 g/mol. The van der Waals surface area contributed by atoms with Gasteiger partial charge in [-0.2, -0.15) is 0 Å². The van der Waals surface area contributed by atoms with Gasteiger partial charge in [-0.05, 0) is 53.5 Å². The number of carbonyl (C=O) groups excluding carboxylic acids is 1. The molecule has 0 heterocycles. The standard InChI is InChI=1S/C22H22O2/c1-2-22(23)24-15-7-12-18-10-6-11-19-13-14-20(16-21(18)19)17-8-4-3-5-9-17/h2-6,8-11,16H,1,7,12-15H2. The van der Waals surface area contributed by atoms with Gasteiger partial charge in [0.1, 0.15) is 0 Å². The van der Waals surface area contributed by atoms with Gasteiger partial charge in [0, 0.05) is 6.08 Å². The Hall–Kier alpha value is -2.61. The van der Waals surface area contributed by atoms with Crippen LogP contribution in [0.4, 0.5) is 0 Å². The average Bonchev–Trinajstić information content (AvgIpc) is 2.65. The van der Waals surface area contributed by atoms with E-state index in [4.69, 9.17) is 4.74 Å². The molecule has 2 heteroatoms. The van der Waals surface area contributed by atoms with Crippen LogP contribution in [0.2, 0.25) is 0 Å². The smallest absolute Gasteiger partial charge is 0.330 e. The minimum absolute atomic E-state index is 0.351. The first-order valence-electron chi connectivity index (χ1n) is 8.44. The van der Waals surface area contributed by atoms with Crippen LogP contribution in [0.15, 0.2) is 61.2 Å². The molecule has 2 nitrogen and oxygen atoms in total. The lowest BCUT2D eigenvalue weighted by molar-refractivity contribution is -0.137. The van der Waals surface area contributed by atoms with Crippen molar-refractivity contribution in [2.24, 2.45) is 0 Å². The first-order valence-corrected chi connectivity index (χ1v) is 8.44. The van der Waals surface area contributed by atoms with E-state index in [9.17, 15) is 4.79 Å². The summed E-state index contributed by atoms with van der Waals surface area (Å²) in [5.74, 6) is -0.351. The number of ether oxygens (including phenoxy) is 1. The number of hydrogen-bond acceptors (Lipinski definition) is 2. The van der Waals surface area contributed by atoms with E-state index in [1.54, 1.807) is 0 Å². The number of hydrogen-bond donors (Lipinski definition) is 0. The van der Waals surface area contributed by atoms with E-state index in [2.05, 4.69) is 61.2 Å². The van der Waals surface area contributed by atoms with Crippen molar-refractivity contribution in [3.63, 3.8) is 0 Å². The Kier molecular flexibility index (Phi) is 5.27. The van der Waals surface area contributed by atoms with Gasteiger partial charge in [0.15, 0.2) is 0 Å². The molecule has 0 unspecified atom stereocenters. The topological polar surface area (TPSA) is 26.3 Å². The molecule has 0 bridgehead atoms. The van der Waals surface area contributed by atoms with Gasteiger partial charge in [0.2, 0.25) is 0 Å². The number of fused-ring (bicyclic) bond motifs is 1. The van der Waals surface area contributed by atoms with E-state index < -0.39 is 0 Å². The maximum absolute atomic E-state index is 11.1. The van der Waals surface area contributed by atoms with Crippen molar-refractivity contribution in [2.75, 3.05) is 6.61 Å². The Morgan fingerprint density at radius 2 is 1.92 bits per heavy atom. The molecule has 0 fully saturated rings. The average molecular weight is 318 g/mol. The Labute approximate surface area is 143 Å². The normalized spacial score (nSPS) is 12.9. The van der Waals surface area contributed by atoms with Crippen LogP contribution in [-0.2, 0) is 22.4 Å². The molecule has 2 aromatic rings. The van der Waals surface area contributed by atoms with Crippen LogP contribution in [0.25, 0.3) is 11.6 Å². The second-order valence-electron chi connectivity index (χ2n) is 6.00. The second-order valence-corrected chi connectivity index (χ2v) is 6.00. The molecule has 0 radical (unpaired) electrons. The highest BCUT2D eigenvalue weighted by Gasteiger charge is 2.14. The summed E-state index contributed by atoms with van der Waals surface area (Å²) in [6, 6.07) is 17.1. The number of allylic oxidation sites excluding steroid dienone is 1. The third-order valence-electron chi connectivity index (χ3n) is 4.41. The van der Waals surface area contributed by atoms with Gasteiger partial charge in [-0.25, -0.2) is 4.79 Å². The lowest BCUT2D eigenvalue weighted by atomic mass is 9.85. The first-order chi connectivity index (χ1) is 11.8. The van der Waals surface area contributed by atoms with Gasteiger partial charge in [-0.15, -0.1) is 0 Å². The van der Waals surface area contributed by atoms with Crippen LogP contribution >= 0.6 is 0 Å². The fourth-order valence-corrected chi connectivity index (χ4v) is 3.18. The molecule has 0 N–H and O–H groups in total. The van der Waals surface area contributed by atoms with Crippen molar-refractivity contribution in [3.8, 4) is 0 Å². The summed E-state index contributed by atoms with van der Waals surface area (Å²) < 4.78 is 5.08. The fraction of sp³-hybridized carbons (Fsp3) is 0.227. The second kappa shape index (κ2) is 7.78. The summed E-state index contributed by atoms with van der Waals surface area (Å²) in [6.45, 7) is 3.84. The largest absolute Gasteiger partial charge is 0.463 e. The van der Waals surface area contributed by atoms with Crippen LogP contribution in [0.5, 0.6) is 0 Å². The lowest BCUT2D eigenvalue weighted by Crippen LogP contribution is -2.06. The summed E-state index contributed by atoms with van der Waals surface area (Å²) in [4.78, 5) is 11.1. The van der Waals surface area contributed by atoms with Gasteiger partial charge in [-0.1, -0.05) is 61.2 Å². The Morgan fingerprint density at radius 3 is 2.71 bits per heavy atom. The maximum Gasteiger partial charge on any atom is 0.330 e. The highest BCUT2D eigenvalue weighted by molar-refractivity contribution is 5.85. The predicted octanol–water partition coefficient (Wildman–Crippen LogP) is 4.84. The fourth-order valence-electron chi connectivity index (χ4n) is 3.18. The molecule has 0 aliphatic heterocycles. The monoisotopic (exact) mass is 318 g/mol. The molecular formula is C22H22O2. The molecule has 24 heavy (non-hydrogen) atoms. The van der Waals surface area contributed by atoms with Crippen molar-refractivity contribution < 1.29 is 9.53 Å². The van der Waals surface area contributed by atoms with Crippen molar-refractivity contribution in [1.82, 2.24) is 0 Å². The maximum atomic E-state index is 11.1. The van der Waals surface area contributed by atoms with Gasteiger partial charge in [-0.3, -0.25) is 0 Å². The molecule has 0 saturated carbocycles. The first kappa shape index (κ1) is 16.3. The molecule has 3 rings (SSSR count). The summed E-state index contributed by atoms with van der Waals surface area (Å²) in [5.41, 5.74) is 6.79. The molecule has 0 amide bonds. The molecule has 0 aromatic heterocycles. The number of benzene rings is 2. The predicted molar refractivity (Wildman–Crippen MR) is 98.6 cm³/mol. The van der Waals surface area contributed by atoms with E-state index in [-0.39, 0.29) is 5.97 Å². The van der Waals surface area contributed by atoms with Crippen LogP contribution in [0.1, 0.15) is 35.1 Å². The Bertz CT molecular complexity index is 757. The van der Waals surface area contributed by atoms with E-state index in [0.717, 1.165) is 25.7 Å². The quantitative estimate of drug-likeness (QED) is 0.433. The molecule has 1 aliphatic carbocycles.